The zero-order valence-corrected chi connectivity index (χ0v) is 12.0. The van der Waals surface area contributed by atoms with Gasteiger partial charge in [0.25, 0.3) is 0 Å². The zero-order chi connectivity index (χ0) is 14.4. The number of piperazine rings is 1. The maximum absolute atomic E-state index is 13.9. The first-order valence-corrected chi connectivity index (χ1v) is 7.03. The second-order valence-corrected chi connectivity index (χ2v) is 5.74. The molecule has 2 fully saturated rings. The first-order chi connectivity index (χ1) is 9.49. The largest absolute Gasteiger partial charge is 0.329 e. The van der Waals surface area contributed by atoms with E-state index in [0.717, 1.165) is 23.5 Å². The molecule has 1 aromatic rings. The van der Waals surface area contributed by atoms with Gasteiger partial charge >= 0.3 is 0 Å². The summed E-state index contributed by atoms with van der Waals surface area (Å²) in [5.74, 6) is -1.97. The van der Waals surface area contributed by atoms with Gasteiger partial charge in [-0.3, -0.25) is 14.5 Å². The van der Waals surface area contributed by atoms with Gasteiger partial charge in [-0.2, -0.15) is 0 Å². The number of benzene rings is 1. The third-order valence-corrected chi connectivity index (χ3v) is 4.31. The topological polar surface area (TPSA) is 40.6 Å². The molecule has 2 saturated heterocycles. The van der Waals surface area contributed by atoms with Crippen LogP contribution in [0, 0.1) is 11.6 Å². The number of fused-ring (bicyclic) bond motifs is 1. The number of halogens is 3. The average Bonchev–Trinajstić information content (AvgIpc) is 2.88. The molecule has 2 amide bonds. The van der Waals surface area contributed by atoms with Gasteiger partial charge in [-0.15, -0.1) is 0 Å². The normalized spacial score (nSPS) is 22.4. The van der Waals surface area contributed by atoms with Gasteiger partial charge in [0, 0.05) is 12.6 Å². The smallest absolute Gasteiger partial charge is 0.250 e. The van der Waals surface area contributed by atoms with Crippen LogP contribution >= 0.6 is 15.9 Å². The standard InChI is InChI=1S/C13H11BrF2N2O2/c14-7-4-9(16)11(5-8(7)15)18-6-12(19)17-3-1-2-10(17)13(18)20/h4-5,10H,1-3,6H2. The average molecular weight is 345 g/mol. The number of rotatable bonds is 1. The molecule has 7 heteroatoms. The minimum absolute atomic E-state index is 0.0166. The maximum Gasteiger partial charge on any atom is 0.250 e. The first kappa shape index (κ1) is 13.5. The highest BCUT2D eigenvalue weighted by molar-refractivity contribution is 9.10. The summed E-state index contributed by atoms with van der Waals surface area (Å²) < 4.78 is 27.5. The van der Waals surface area contributed by atoms with Gasteiger partial charge in [0.2, 0.25) is 11.8 Å². The van der Waals surface area contributed by atoms with E-state index in [-0.39, 0.29) is 28.5 Å². The van der Waals surface area contributed by atoms with Crippen LogP contribution in [0.5, 0.6) is 0 Å². The molecular weight excluding hydrogens is 334 g/mol. The van der Waals surface area contributed by atoms with Crippen LogP contribution in [0.25, 0.3) is 0 Å². The Balaban J connectivity index is 2.00. The van der Waals surface area contributed by atoms with E-state index in [1.165, 1.54) is 4.90 Å². The van der Waals surface area contributed by atoms with Crippen molar-refractivity contribution in [2.24, 2.45) is 0 Å². The zero-order valence-electron chi connectivity index (χ0n) is 10.4. The minimum atomic E-state index is -0.731. The molecule has 1 unspecified atom stereocenters. The van der Waals surface area contributed by atoms with E-state index in [1.54, 1.807) is 0 Å². The molecule has 1 atom stereocenters. The SMILES string of the molecule is O=C1C2CCCN2C(=O)CN1c1cc(F)c(Br)cc1F. The monoisotopic (exact) mass is 344 g/mol. The quantitative estimate of drug-likeness (QED) is 0.731. The van der Waals surface area contributed by atoms with Crippen molar-refractivity contribution in [3.63, 3.8) is 0 Å². The van der Waals surface area contributed by atoms with Crippen molar-refractivity contribution >= 4 is 33.4 Å². The van der Waals surface area contributed by atoms with Crippen molar-refractivity contribution in [2.75, 3.05) is 18.0 Å². The number of carbonyl (C=O) groups is 2. The lowest BCUT2D eigenvalue weighted by Gasteiger charge is -2.36. The maximum atomic E-state index is 13.9. The number of nitrogens with zero attached hydrogens (tertiary/aromatic N) is 2. The number of carbonyl (C=O) groups excluding carboxylic acids is 2. The Morgan fingerprint density at radius 3 is 2.70 bits per heavy atom. The summed E-state index contributed by atoms with van der Waals surface area (Å²) >= 11 is 2.88. The van der Waals surface area contributed by atoms with E-state index in [2.05, 4.69) is 15.9 Å². The molecular formula is C13H11BrF2N2O2. The molecule has 2 aliphatic heterocycles. The Morgan fingerprint density at radius 1 is 1.20 bits per heavy atom. The number of hydrogen-bond donors (Lipinski definition) is 0. The van der Waals surface area contributed by atoms with Crippen molar-refractivity contribution in [2.45, 2.75) is 18.9 Å². The van der Waals surface area contributed by atoms with Gasteiger partial charge in [0.05, 0.1) is 10.2 Å². The summed E-state index contributed by atoms with van der Waals surface area (Å²) in [7, 11) is 0. The lowest BCUT2D eigenvalue weighted by molar-refractivity contribution is -0.140. The molecule has 0 radical (unpaired) electrons. The number of amides is 2. The van der Waals surface area contributed by atoms with E-state index < -0.39 is 17.7 Å². The van der Waals surface area contributed by atoms with Crippen molar-refractivity contribution in [3.8, 4) is 0 Å². The summed E-state index contributed by atoms with van der Waals surface area (Å²) in [5.41, 5.74) is -0.185. The molecule has 0 spiro atoms. The van der Waals surface area contributed by atoms with Crippen molar-refractivity contribution in [1.82, 2.24) is 4.90 Å². The molecule has 2 aliphatic rings. The van der Waals surface area contributed by atoms with Crippen LogP contribution in [0.2, 0.25) is 0 Å². The lowest BCUT2D eigenvalue weighted by Crippen LogP contribution is -2.57. The first-order valence-electron chi connectivity index (χ1n) is 6.24. The van der Waals surface area contributed by atoms with E-state index in [9.17, 15) is 18.4 Å². The van der Waals surface area contributed by atoms with Gasteiger partial charge in [-0.1, -0.05) is 0 Å². The van der Waals surface area contributed by atoms with E-state index >= 15 is 0 Å². The van der Waals surface area contributed by atoms with E-state index in [4.69, 9.17) is 0 Å². The van der Waals surface area contributed by atoms with Crippen LogP contribution in [-0.2, 0) is 9.59 Å². The molecule has 0 N–H and O–H groups in total. The molecule has 0 bridgehead atoms. The third kappa shape index (κ3) is 2.00. The Kier molecular flexibility index (Phi) is 3.24. The number of hydrogen-bond acceptors (Lipinski definition) is 2. The molecule has 3 rings (SSSR count). The fourth-order valence-electron chi connectivity index (χ4n) is 2.73. The van der Waals surface area contributed by atoms with Crippen LogP contribution in [0.3, 0.4) is 0 Å². The molecule has 106 valence electrons. The second-order valence-electron chi connectivity index (χ2n) is 4.89. The van der Waals surface area contributed by atoms with E-state index in [0.29, 0.717) is 13.0 Å². The predicted molar refractivity (Wildman–Crippen MR) is 71.1 cm³/mol. The van der Waals surface area contributed by atoms with Crippen LogP contribution in [-0.4, -0.2) is 35.8 Å². The second kappa shape index (κ2) is 4.80. The van der Waals surface area contributed by atoms with Gasteiger partial charge in [-0.05, 0) is 34.8 Å². The van der Waals surface area contributed by atoms with Crippen LogP contribution in [0.15, 0.2) is 16.6 Å². The molecule has 4 nitrogen and oxygen atoms in total. The molecule has 20 heavy (non-hydrogen) atoms. The van der Waals surface area contributed by atoms with Gasteiger partial charge in [0.15, 0.2) is 0 Å². The summed E-state index contributed by atoms with van der Waals surface area (Å²) in [6.07, 6.45) is 1.33. The summed E-state index contributed by atoms with van der Waals surface area (Å²) in [4.78, 5) is 26.9. The molecule has 0 aromatic heterocycles. The highest BCUT2D eigenvalue weighted by atomic mass is 79.9. The summed E-state index contributed by atoms with van der Waals surface area (Å²) in [6, 6.07) is 1.36. The summed E-state index contributed by atoms with van der Waals surface area (Å²) in [6.45, 7) is 0.313. The van der Waals surface area contributed by atoms with E-state index in [1.807, 2.05) is 0 Å². The predicted octanol–water partition coefficient (Wildman–Crippen LogP) is 2.06. The Bertz CT molecular complexity index is 608. The fourth-order valence-corrected chi connectivity index (χ4v) is 3.04. The van der Waals surface area contributed by atoms with Crippen LogP contribution in [0.4, 0.5) is 14.5 Å². The Labute approximate surface area is 122 Å². The van der Waals surface area contributed by atoms with Crippen molar-refractivity contribution < 1.29 is 18.4 Å². The van der Waals surface area contributed by atoms with Crippen molar-refractivity contribution in [1.29, 1.82) is 0 Å². The molecule has 1 aromatic carbocycles. The highest BCUT2D eigenvalue weighted by Crippen LogP contribution is 2.31. The van der Waals surface area contributed by atoms with Crippen LogP contribution in [0.1, 0.15) is 12.8 Å². The Hall–Kier alpha value is -1.50. The Morgan fingerprint density at radius 2 is 1.95 bits per heavy atom. The highest BCUT2D eigenvalue weighted by Gasteiger charge is 2.43. The third-order valence-electron chi connectivity index (χ3n) is 3.70. The molecule has 0 aliphatic carbocycles. The van der Waals surface area contributed by atoms with Crippen LogP contribution < -0.4 is 4.90 Å². The lowest BCUT2D eigenvalue weighted by atomic mass is 10.1. The van der Waals surface area contributed by atoms with Crippen molar-refractivity contribution in [3.05, 3.63) is 28.2 Å². The molecule has 0 saturated carbocycles. The fraction of sp³-hybridized carbons (Fsp3) is 0.385. The van der Waals surface area contributed by atoms with Gasteiger partial charge in [-0.25, -0.2) is 8.78 Å². The molecule has 2 heterocycles. The van der Waals surface area contributed by atoms with Gasteiger partial charge in [0.1, 0.15) is 24.2 Å². The number of anilines is 1. The van der Waals surface area contributed by atoms with Gasteiger partial charge < -0.3 is 4.90 Å². The minimum Gasteiger partial charge on any atom is -0.329 e. The summed E-state index contributed by atoms with van der Waals surface area (Å²) in [5, 5.41) is 0.